The molecule has 0 fully saturated rings. The average molecular weight is 275 g/mol. The molecule has 0 amide bonds. The van der Waals surface area contributed by atoms with Gasteiger partial charge in [0.25, 0.3) is 0 Å². The van der Waals surface area contributed by atoms with E-state index in [1.54, 1.807) is 4.88 Å². The van der Waals surface area contributed by atoms with Gasteiger partial charge in [-0.15, -0.1) is 11.3 Å². The number of nitrogens with zero attached hydrogens (tertiary/aromatic N) is 2. The van der Waals surface area contributed by atoms with Crippen molar-refractivity contribution in [3.63, 3.8) is 0 Å². The van der Waals surface area contributed by atoms with Crippen LogP contribution in [0.5, 0.6) is 0 Å². The van der Waals surface area contributed by atoms with Crippen LogP contribution in [0.25, 0.3) is 0 Å². The van der Waals surface area contributed by atoms with Crippen LogP contribution in [0.3, 0.4) is 0 Å². The Balaban J connectivity index is 1.88. The first-order chi connectivity index (χ1) is 9.29. The lowest BCUT2D eigenvalue weighted by molar-refractivity contribution is 0.561. The third-order valence-electron chi connectivity index (χ3n) is 3.83. The molecule has 2 N–H and O–H groups in total. The van der Waals surface area contributed by atoms with E-state index in [2.05, 4.69) is 24.2 Å². The number of aromatic nitrogens is 2. The molecule has 0 spiro atoms. The van der Waals surface area contributed by atoms with Crippen molar-refractivity contribution in [3.8, 4) is 0 Å². The van der Waals surface area contributed by atoms with Crippen LogP contribution < -0.4 is 5.73 Å². The van der Waals surface area contributed by atoms with E-state index in [0.717, 1.165) is 18.7 Å². The van der Waals surface area contributed by atoms with E-state index in [-0.39, 0.29) is 6.04 Å². The molecule has 102 valence electrons. The summed E-state index contributed by atoms with van der Waals surface area (Å²) in [7, 11) is 0. The lowest BCUT2D eigenvalue weighted by Crippen LogP contribution is -2.16. The van der Waals surface area contributed by atoms with Crippen LogP contribution in [0, 0.1) is 0 Å². The second kappa shape index (κ2) is 5.47. The molecule has 0 bridgehead atoms. The molecule has 0 saturated heterocycles. The van der Waals surface area contributed by atoms with Crippen LogP contribution in [0.2, 0.25) is 0 Å². The standard InChI is InChI=1S/C15H21N3S/c1-2-9-18-12(7-8-17-18)15(16)14-10-11-5-3-4-6-13(11)19-14/h7-8,10,15H,2-6,9,16H2,1H3. The fourth-order valence-corrected chi connectivity index (χ4v) is 4.09. The van der Waals surface area contributed by atoms with Gasteiger partial charge in [0, 0.05) is 22.5 Å². The normalized spacial score (nSPS) is 16.3. The summed E-state index contributed by atoms with van der Waals surface area (Å²) in [5.74, 6) is 0. The predicted molar refractivity (Wildman–Crippen MR) is 79.5 cm³/mol. The van der Waals surface area contributed by atoms with E-state index >= 15 is 0 Å². The highest BCUT2D eigenvalue weighted by Gasteiger charge is 2.20. The number of rotatable bonds is 4. The molecule has 0 aliphatic heterocycles. The maximum absolute atomic E-state index is 6.45. The van der Waals surface area contributed by atoms with Gasteiger partial charge in [-0.2, -0.15) is 5.10 Å². The Morgan fingerprint density at radius 3 is 3.05 bits per heavy atom. The average Bonchev–Trinajstić information content (AvgIpc) is 3.04. The third kappa shape index (κ3) is 2.47. The summed E-state index contributed by atoms with van der Waals surface area (Å²) in [5, 5.41) is 4.38. The van der Waals surface area contributed by atoms with Crippen LogP contribution in [0.1, 0.15) is 53.2 Å². The first-order valence-electron chi connectivity index (χ1n) is 7.18. The summed E-state index contributed by atoms with van der Waals surface area (Å²) in [6.07, 6.45) is 8.07. The third-order valence-corrected chi connectivity index (χ3v) is 5.15. The fraction of sp³-hybridized carbons (Fsp3) is 0.533. The number of hydrogen-bond acceptors (Lipinski definition) is 3. The fourth-order valence-electron chi connectivity index (χ4n) is 2.82. The number of fused-ring (bicyclic) bond motifs is 1. The first-order valence-corrected chi connectivity index (χ1v) is 8.00. The zero-order valence-electron chi connectivity index (χ0n) is 11.4. The molecule has 1 unspecified atom stereocenters. The van der Waals surface area contributed by atoms with Gasteiger partial charge in [0.05, 0.1) is 11.7 Å². The van der Waals surface area contributed by atoms with Crippen molar-refractivity contribution >= 4 is 11.3 Å². The highest BCUT2D eigenvalue weighted by atomic mass is 32.1. The van der Waals surface area contributed by atoms with Crippen molar-refractivity contribution in [1.29, 1.82) is 0 Å². The molecule has 2 heterocycles. The van der Waals surface area contributed by atoms with Gasteiger partial charge >= 0.3 is 0 Å². The van der Waals surface area contributed by atoms with Gasteiger partial charge in [-0.05, 0) is 49.8 Å². The molecule has 1 aliphatic carbocycles. The highest BCUT2D eigenvalue weighted by molar-refractivity contribution is 7.12. The van der Waals surface area contributed by atoms with Gasteiger partial charge in [-0.3, -0.25) is 4.68 Å². The van der Waals surface area contributed by atoms with Crippen LogP contribution in [-0.4, -0.2) is 9.78 Å². The maximum atomic E-state index is 6.45. The van der Waals surface area contributed by atoms with Crippen LogP contribution in [0.15, 0.2) is 18.3 Å². The molecule has 0 radical (unpaired) electrons. The first kappa shape index (κ1) is 12.9. The Morgan fingerprint density at radius 2 is 2.26 bits per heavy atom. The summed E-state index contributed by atoms with van der Waals surface area (Å²) in [4.78, 5) is 2.85. The zero-order valence-corrected chi connectivity index (χ0v) is 12.2. The second-order valence-electron chi connectivity index (χ2n) is 5.26. The Kier molecular flexibility index (Phi) is 3.71. The van der Waals surface area contributed by atoms with E-state index in [4.69, 9.17) is 5.73 Å². The Hall–Kier alpha value is -1.13. The van der Waals surface area contributed by atoms with Crippen molar-refractivity contribution in [1.82, 2.24) is 9.78 Å². The minimum atomic E-state index is -0.0235. The molecule has 1 aliphatic rings. The molecular weight excluding hydrogens is 254 g/mol. The molecule has 2 aromatic heterocycles. The van der Waals surface area contributed by atoms with E-state index in [9.17, 15) is 0 Å². The highest BCUT2D eigenvalue weighted by Crippen LogP contribution is 2.34. The molecule has 0 aromatic carbocycles. The molecule has 19 heavy (non-hydrogen) atoms. The molecule has 0 saturated carbocycles. The Morgan fingerprint density at radius 1 is 1.42 bits per heavy atom. The molecule has 1 atom stereocenters. The molecule has 4 heteroatoms. The van der Waals surface area contributed by atoms with Gasteiger partial charge in [-0.25, -0.2) is 0 Å². The molecule has 3 nitrogen and oxygen atoms in total. The van der Waals surface area contributed by atoms with Gasteiger partial charge in [-0.1, -0.05) is 6.92 Å². The summed E-state index contributed by atoms with van der Waals surface area (Å²) >= 11 is 1.90. The summed E-state index contributed by atoms with van der Waals surface area (Å²) in [6, 6.07) is 4.36. The van der Waals surface area contributed by atoms with E-state index < -0.39 is 0 Å². The van der Waals surface area contributed by atoms with Crippen LogP contribution in [0.4, 0.5) is 0 Å². The second-order valence-corrected chi connectivity index (χ2v) is 6.43. The Labute approximate surface area is 118 Å². The number of nitrogens with two attached hydrogens (primary N) is 1. The largest absolute Gasteiger partial charge is 0.318 e. The summed E-state index contributed by atoms with van der Waals surface area (Å²) in [5.41, 5.74) is 9.12. The zero-order chi connectivity index (χ0) is 13.2. The van der Waals surface area contributed by atoms with E-state index in [1.165, 1.54) is 36.1 Å². The van der Waals surface area contributed by atoms with Crippen molar-refractivity contribution < 1.29 is 0 Å². The van der Waals surface area contributed by atoms with Gasteiger partial charge < -0.3 is 5.73 Å². The lowest BCUT2D eigenvalue weighted by atomic mass is 9.98. The molecule has 3 rings (SSSR count). The smallest absolute Gasteiger partial charge is 0.0817 e. The van der Waals surface area contributed by atoms with Gasteiger partial charge in [0.2, 0.25) is 0 Å². The van der Waals surface area contributed by atoms with Crippen molar-refractivity contribution in [2.24, 2.45) is 5.73 Å². The van der Waals surface area contributed by atoms with Crippen molar-refractivity contribution in [2.45, 2.75) is 51.6 Å². The summed E-state index contributed by atoms with van der Waals surface area (Å²) < 4.78 is 2.05. The molecular formula is C15H21N3S. The number of aryl methyl sites for hydroxylation is 3. The summed E-state index contributed by atoms with van der Waals surface area (Å²) in [6.45, 7) is 3.11. The van der Waals surface area contributed by atoms with Crippen molar-refractivity contribution in [2.75, 3.05) is 0 Å². The maximum Gasteiger partial charge on any atom is 0.0817 e. The topological polar surface area (TPSA) is 43.8 Å². The van der Waals surface area contributed by atoms with Gasteiger partial charge in [0.15, 0.2) is 0 Å². The minimum Gasteiger partial charge on any atom is -0.318 e. The number of thiophene rings is 1. The quantitative estimate of drug-likeness (QED) is 0.930. The van der Waals surface area contributed by atoms with E-state index in [0.29, 0.717) is 0 Å². The molecule has 2 aromatic rings. The lowest BCUT2D eigenvalue weighted by Gasteiger charge is -2.12. The van der Waals surface area contributed by atoms with Crippen LogP contribution in [-0.2, 0) is 19.4 Å². The van der Waals surface area contributed by atoms with Crippen LogP contribution >= 0.6 is 11.3 Å². The van der Waals surface area contributed by atoms with E-state index in [1.807, 2.05) is 22.2 Å². The minimum absolute atomic E-state index is 0.0235. The predicted octanol–water partition coefficient (Wildman–Crippen LogP) is 3.28. The number of hydrogen-bond donors (Lipinski definition) is 1. The Bertz CT molecular complexity index is 532. The van der Waals surface area contributed by atoms with Gasteiger partial charge in [0.1, 0.15) is 0 Å². The van der Waals surface area contributed by atoms with Crippen molar-refractivity contribution in [3.05, 3.63) is 39.3 Å². The monoisotopic (exact) mass is 275 g/mol. The SMILES string of the molecule is CCCn1nccc1C(N)c1cc2c(s1)CCCC2.